The van der Waals surface area contributed by atoms with Crippen LogP contribution in [-0.4, -0.2) is 21.2 Å². The predicted octanol–water partition coefficient (Wildman–Crippen LogP) is 5.37. The molecule has 2 heterocycles. The smallest absolute Gasteiger partial charge is 0.267 e. The number of carbonyl (C=O) groups excluding carboxylic acids is 1. The van der Waals surface area contributed by atoms with Gasteiger partial charge in [-0.25, -0.2) is 4.98 Å². The molecule has 0 fully saturated rings. The number of benzene rings is 2. The molecular weight excluding hydrogens is 462 g/mol. The number of aryl methyl sites for hydroxylation is 1. The Morgan fingerprint density at radius 3 is 2.62 bits per heavy atom. The molecule has 0 aliphatic heterocycles. The van der Waals surface area contributed by atoms with Gasteiger partial charge in [-0.05, 0) is 48.4 Å². The number of aromatic nitrogens is 2. The van der Waals surface area contributed by atoms with E-state index in [1.165, 1.54) is 22.2 Å². The highest BCUT2D eigenvalue weighted by molar-refractivity contribution is 7.99. The van der Waals surface area contributed by atoms with Gasteiger partial charge in [0.15, 0.2) is 5.16 Å². The van der Waals surface area contributed by atoms with E-state index in [0.29, 0.717) is 17.6 Å². The molecule has 2 aromatic carbocycles. The lowest BCUT2D eigenvalue weighted by Gasteiger charge is -2.20. The highest BCUT2D eigenvalue weighted by atomic mass is 32.2. The monoisotopic (exact) mass is 489 g/mol. The summed E-state index contributed by atoms with van der Waals surface area (Å²) in [5, 5.41) is 4.28. The summed E-state index contributed by atoms with van der Waals surface area (Å²) in [6.07, 6.45) is 4.25. The summed E-state index contributed by atoms with van der Waals surface area (Å²) < 4.78 is 1.68. The van der Waals surface area contributed by atoms with Crippen molar-refractivity contribution in [3.63, 3.8) is 0 Å². The first-order chi connectivity index (χ1) is 16.6. The average molecular weight is 490 g/mol. The fourth-order valence-electron chi connectivity index (χ4n) is 4.50. The van der Waals surface area contributed by atoms with Crippen LogP contribution in [0.2, 0.25) is 0 Å². The molecule has 1 atom stereocenters. The minimum atomic E-state index is -0.0842. The molecule has 1 N–H and O–H groups in total. The minimum Gasteiger partial charge on any atom is -0.351 e. The number of fused-ring (bicyclic) bond motifs is 3. The number of amides is 1. The summed E-state index contributed by atoms with van der Waals surface area (Å²) in [6, 6.07) is 19.4. The van der Waals surface area contributed by atoms with Crippen LogP contribution in [0, 0.1) is 5.92 Å². The lowest BCUT2D eigenvalue weighted by Crippen LogP contribution is -2.26. The Bertz CT molecular complexity index is 1360. The van der Waals surface area contributed by atoms with Gasteiger partial charge in [0.2, 0.25) is 5.91 Å². The quantitative estimate of drug-likeness (QED) is 0.280. The number of hydrogen-bond donors (Lipinski definition) is 1. The molecule has 0 spiro atoms. The summed E-state index contributed by atoms with van der Waals surface area (Å²) in [7, 11) is 0. The first kappa shape index (κ1) is 22.9. The molecule has 0 bridgehead atoms. The molecule has 2 aromatic heterocycles. The molecule has 5 rings (SSSR count). The van der Waals surface area contributed by atoms with Gasteiger partial charge in [-0.1, -0.05) is 73.6 Å². The van der Waals surface area contributed by atoms with Crippen molar-refractivity contribution >= 4 is 39.2 Å². The van der Waals surface area contributed by atoms with Gasteiger partial charge in [-0.2, -0.15) is 0 Å². The number of nitrogens with one attached hydrogen (secondary N) is 1. The molecule has 5 nitrogen and oxygen atoms in total. The normalized spacial score (nSPS) is 15.3. The second-order valence-electron chi connectivity index (χ2n) is 8.62. The van der Waals surface area contributed by atoms with E-state index >= 15 is 0 Å². The molecule has 174 valence electrons. The standard InChI is InChI=1S/C27H27N3O2S2/c1-2-18-13-14-21-22(15-18)34-25-24(21)26(32)30(20-11-7-4-8-12-20)27(29-25)33-17-23(31)28-16-19-9-5-3-6-10-19/h3-12,18H,2,13-17H2,1H3,(H,28,31)/t18-/m1/s1. The summed E-state index contributed by atoms with van der Waals surface area (Å²) in [6.45, 7) is 2.72. The van der Waals surface area contributed by atoms with Crippen LogP contribution in [0.15, 0.2) is 70.6 Å². The largest absolute Gasteiger partial charge is 0.351 e. The lowest BCUT2D eigenvalue weighted by molar-refractivity contribution is -0.118. The second kappa shape index (κ2) is 10.2. The van der Waals surface area contributed by atoms with Gasteiger partial charge >= 0.3 is 0 Å². The van der Waals surface area contributed by atoms with Crippen LogP contribution in [0.25, 0.3) is 15.9 Å². The first-order valence-corrected chi connectivity index (χ1v) is 13.5. The third-order valence-electron chi connectivity index (χ3n) is 6.41. The average Bonchev–Trinajstić information content (AvgIpc) is 3.25. The van der Waals surface area contributed by atoms with Crippen molar-refractivity contribution < 1.29 is 4.79 Å². The van der Waals surface area contributed by atoms with Crippen molar-refractivity contribution in [2.24, 2.45) is 5.92 Å². The number of carbonyl (C=O) groups is 1. The van der Waals surface area contributed by atoms with Crippen LogP contribution < -0.4 is 10.9 Å². The zero-order chi connectivity index (χ0) is 23.5. The third kappa shape index (κ3) is 4.68. The van der Waals surface area contributed by atoms with Crippen LogP contribution in [0.3, 0.4) is 0 Å². The Morgan fingerprint density at radius 2 is 1.88 bits per heavy atom. The maximum atomic E-state index is 13.8. The van der Waals surface area contributed by atoms with Crippen LogP contribution in [0.4, 0.5) is 0 Å². The van der Waals surface area contributed by atoms with E-state index in [1.807, 2.05) is 60.7 Å². The van der Waals surface area contributed by atoms with E-state index in [0.717, 1.165) is 47.2 Å². The molecule has 34 heavy (non-hydrogen) atoms. The van der Waals surface area contributed by atoms with Crippen molar-refractivity contribution in [1.29, 1.82) is 0 Å². The Hall–Kier alpha value is -2.90. The first-order valence-electron chi connectivity index (χ1n) is 11.7. The summed E-state index contributed by atoms with van der Waals surface area (Å²) in [4.78, 5) is 33.4. The van der Waals surface area contributed by atoms with E-state index in [2.05, 4.69) is 12.2 Å². The van der Waals surface area contributed by atoms with E-state index in [9.17, 15) is 9.59 Å². The van der Waals surface area contributed by atoms with E-state index < -0.39 is 0 Å². The molecule has 1 aliphatic rings. The van der Waals surface area contributed by atoms with Crippen molar-refractivity contribution in [1.82, 2.24) is 14.9 Å². The SMILES string of the molecule is CC[C@@H]1CCc2c(sc3nc(SCC(=O)NCc4ccccc4)n(-c4ccccc4)c(=O)c23)C1. The molecule has 1 amide bonds. The van der Waals surface area contributed by atoms with Crippen LogP contribution >= 0.6 is 23.1 Å². The van der Waals surface area contributed by atoms with E-state index in [1.54, 1.807) is 15.9 Å². The van der Waals surface area contributed by atoms with Crippen molar-refractivity contribution in [3.8, 4) is 5.69 Å². The van der Waals surface area contributed by atoms with Crippen molar-refractivity contribution in [3.05, 3.63) is 87.0 Å². The summed E-state index contributed by atoms with van der Waals surface area (Å²) in [5.74, 6) is 0.791. The summed E-state index contributed by atoms with van der Waals surface area (Å²) >= 11 is 2.97. The van der Waals surface area contributed by atoms with E-state index in [4.69, 9.17) is 4.98 Å². The molecule has 0 unspecified atom stereocenters. The van der Waals surface area contributed by atoms with Gasteiger partial charge in [-0.15, -0.1) is 11.3 Å². The molecule has 0 saturated heterocycles. The van der Waals surface area contributed by atoms with Gasteiger partial charge in [-0.3, -0.25) is 14.2 Å². The Morgan fingerprint density at radius 1 is 1.15 bits per heavy atom. The number of nitrogens with zero attached hydrogens (tertiary/aromatic N) is 2. The number of thioether (sulfide) groups is 1. The minimum absolute atomic E-state index is 0.0316. The summed E-state index contributed by atoms with van der Waals surface area (Å²) in [5.41, 5.74) is 2.98. The van der Waals surface area contributed by atoms with E-state index in [-0.39, 0.29) is 17.2 Å². The number of hydrogen-bond acceptors (Lipinski definition) is 5. The Balaban J connectivity index is 1.46. The third-order valence-corrected chi connectivity index (χ3v) is 8.50. The maximum Gasteiger partial charge on any atom is 0.267 e. The molecule has 1 aliphatic carbocycles. The van der Waals surface area contributed by atoms with Gasteiger partial charge in [0.1, 0.15) is 4.83 Å². The predicted molar refractivity (Wildman–Crippen MR) is 140 cm³/mol. The molecule has 0 radical (unpaired) electrons. The van der Waals surface area contributed by atoms with Crippen molar-refractivity contribution in [2.45, 2.75) is 44.3 Å². The Kier molecular flexibility index (Phi) is 6.83. The van der Waals surface area contributed by atoms with Crippen molar-refractivity contribution in [2.75, 3.05) is 5.75 Å². The maximum absolute atomic E-state index is 13.8. The highest BCUT2D eigenvalue weighted by Gasteiger charge is 2.26. The number of rotatable bonds is 7. The zero-order valence-electron chi connectivity index (χ0n) is 19.1. The second-order valence-corrected chi connectivity index (χ2v) is 10.6. The fraction of sp³-hybridized carbons (Fsp3) is 0.296. The van der Waals surface area contributed by atoms with Gasteiger partial charge in [0.05, 0.1) is 16.8 Å². The molecule has 4 aromatic rings. The fourth-order valence-corrected chi connectivity index (χ4v) is 6.72. The van der Waals surface area contributed by atoms with Crippen LogP contribution in [-0.2, 0) is 24.2 Å². The number of para-hydroxylation sites is 1. The lowest BCUT2D eigenvalue weighted by atomic mass is 9.86. The molecular formula is C27H27N3O2S2. The highest BCUT2D eigenvalue weighted by Crippen LogP contribution is 2.37. The topological polar surface area (TPSA) is 64.0 Å². The van der Waals surface area contributed by atoms with Crippen LogP contribution in [0.5, 0.6) is 0 Å². The zero-order valence-corrected chi connectivity index (χ0v) is 20.8. The number of thiophene rings is 1. The Labute approximate surface area is 207 Å². The molecule has 0 saturated carbocycles. The van der Waals surface area contributed by atoms with Crippen LogP contribution in [0.1, 0.15) is 35.8 Å². The van der Waals surface area contributed by atoms with Gasteiger partial charge < -0.3 is 5.32 Å². The molecule has 7 heteroatoms. The van der Waals surface area contributed by atoms with Gasteiger partial charge in [0, 0.05) is 11.4 Å². The van der Waals surface area contributed by atoms with Gasteiger partial charge in [0.25, 0.3) is 5.56 Å².